The molecule has 0 saturated heterocycles. The Kier molecular flexibility index (Phi) is 7.05. The molecule has 0 aromatic carbocycles. The molecule has 0 radical (unpaired) electrons. The maximum Gasteiger partial charge on any atom is 0.224 e. The van der Waals surface area contributed by atoms with Gasteiger partial charge in [-0.1, -0.05) is 19.9 Å². The molecule has 3 heteroatoms. The topological polar surface area (TPSA) is 32.3 Å². The summed E-state index contributed by atoms with van der Waals surface area (Å²) in [5, 5.41) is 3.24. The Balaban J connectivity index is 3.97. The van der Waals surface area contributed by atoms with E-state index in [9.17, 15) is 4.79 Å². The van der Waals surface area contributed by atoms with E-state index in [-0.39, 0.29) is 11.9 Å². The third-order valence-electron chi connectivity index (χ3n) is 2.16. The number of rotatable bonds is 7. The van der Waals surface area contributed by atoms with Crippen LogP contribution in [-0.2, 0) is 4.79 Å². The van der Waals surface area contributed by atoms with Crippen molar-refractivity contribution in [3.8, 4) is 0 Å². The number of nitrogens with zero attached hydrogens (tertiary/aromatic N) is 1. The third kappa shape index (κ3) is 6.28. The second-order valence-corrected chi connectivity index (χ2v) is 4.29. The summed E-state index contributed by atoms with van der Waals surface area (Å²) < 4.78 is 0. The maximum atomic E-state index is 11.8. The van der Waals surface area contributed by atoms with E-state index in [0.717, 1.165) is 6.54 Å². The van der Waals surface area contributed by atoms with Gasteiger partial charge in [0.05, 0.1) is 0 Å². The molecule has 0 aliphatic heterocycles. The first kappa shape index (κ1) is 14.2. The first-order chi connectivity index (χ1) is 6.99. The number of hydrogen-bond acceptors (Lipinski definition) is 2. The van der Waals surface area contributed by atoms with Gasteiger partial charge in [-0.25, -0.2) is 0 Å². The van der Waals surface area contributed by atoms with Crippen LogP contribution in [0.4, 0.5) is 0 Å². The predicted octanol–water partition coefficient (Wildman–Crippen LogP) is 1.80. The summed E-state index contributed by atoms with van der Waals surface area (Å²) >= 11 is 0. The van der Waals surface area contributed by atoms with Crippen LogP contribution in [0.5, 0.6) is 0 Å². The standard InChI is InChI=1S/C12H24N2O/c1-6-9-14(11(4)5)12(15)7-8-13-10(2)3/h6,10-11,13H,1,7-9H2,2-5H3. The molecule has 0 spiro atoms. The van der Waals surface area contributed by atoms with E-state index in [0.29, 0.717) is 19.0 Å². The molecular formula is C12H24N2O. The van der Waals surface area contributed by atoms with E-state index in [4.69, 9.17) is 0 Å². The average molecular weight is 212 g/mol. The van der Waals surface area contributed by atoms with Crippen molar-refractivity contribution in [2.75, 3.05) is 13.1 Å². The van der Waals surface area contributed by atoms with E-state index in [2.05, 4.69) is 25.7 Å². The Morgan fingerprint density at radius 1 is 1.40 bits per heavy atom. The molecule has 88 valence electrons. The summed E-state index contributed by atoms with van der Waals surface area (Å²) in [5.74, 6) is 0.193. The summed E-state index contributed by atoms with van der Waals surface area (Å²) in [7, 11) is 0. The molecule has 15 heavy (non-hydrogen) atoms. The van der Waals surface area contributed by atoms with E-state index in [1.54, 1.807) is 6.08 Å². The Morgan fingerprint density at radius 2 is 2.00 bits per heavy atom. The zero-order valence-electron chi connectivity index (χ0n) is 10.4. The first-order valence-corrected chi connectivity index (χ1v) is 5.62. The highest BCUT2D eigenvalue weighted by Gasteiger charge is 2.14. The summed E-state index contributed by atoms with van der Waals surface area (Å²) in [6.07, 6.45) is 2.33. The Labute approximate surface area is 93.5 Å². The van der Waals surface area contributed by atoms with Gasteiger partial charge in [-0.05, 0) is 13.8 Å². The highest BCUT2D eigenvalue weighted by Crippen LogP contribution is 2.01. The lowest BCUT2D eigenvalue weighted by atomic mass is 10.2. The van der Waals surface area contributed by atoms with Gasteiger partial charge in [0.15, 0.2) is 0 Å². The van der Waals surface area contributed by atoms with Crippen molar-refractivity contribution in [1.29, 1.82) is 0 Å². The number of carbonyl (C=O) groups is 1. The van der Waals surface area contributed by atoms with Crippen LogP contribution in [0, 0.1) is 0 Å². The van der Waals surface area contributed by atoms with Crippen LogP contribution >= 0.6 is 0 Å². The summed E-state index contributed by atoms with van der Waals surface area (Å²) in [6.45, 7) is 13.3. The van der Waals surface area contributed by atoms with E-state index < -0.39 is 0 Å². The molecule has 3 nitrogen and oxygen atoms in total. The van der Waals surface area contributed by atoms with Gasteiger partial charge in [0, 0.05) is 31.6 Å². The van der Waals surface area contributed by atoms with E-state index >= 15 is 0 Å². The Bertz CT molecular complexity index is 200. The molecule has 0 heterocycles. The predicted molar refractivity (Wildman–Crippen MR) is 64.8 cm³/mol. The summed E-state index contributed by atoms with van der Waals surface area (Å²) in [6, 6.07) is 0.680. The quantitative estimate of drug-likeness (QED) is 0.653. The van der Waals surface area contributed by atoms with Gasteiger partial charge in [0.1, 0.15) is 0 Å². The fourth-order valence-corrected chi connectivity index (χ4v) is 1.35. The summed E-state index contributed by atoms with van der Waals surface area (Å²) in [4.78, 5) is 13.6. The highest BCUT2D eigenvalue weighted by molar-refractivity contribution is 5.76. The molecule has 0 aromatic heterocycles. The minimum absolute atomic E-state index is 0.193. The van der Waals surface area contributed by atoms with Crippen LogP contribution in [-0.4, -0.2) is 36.0 Å². The zero-order valence-corrected chi connectivity index (χ0v) is 10.4. The Hall–Kier alpha value is -0.830. The largest absolute Gasteiger partial charge is 0.337 e. The van der Waals surface area contributed by atoms with Crippen LogP contribution in [0.3, 0.4) is 0 Å². The van der Waals surface area contributed by atoms with Gasteiger partial charge in [-0.15, -0.1) is 6.58 Å². The molecule has 0 atom stereocenters. The lowest BCUT2D eigenvalue weighted by Gasteiger charge is -2.25. The molecule has 0 fully saturated rings. The Morgan fingerprint density at radius 3 is 2.40 bits per heavy atom. The van der Waals surface area contributed by atoms with Crippen LogP contribution < -0.4 is 5.32 Å². The van der Waals surface area contributed by atoms with Crippen molar-refractivity contribution in [2.45, 2.75) is 46.2 Å². The van der Waals surface area contributed by atoms with Crippen molar-refractivity contribution in [1.82, 2.24) is 10.2 Å². The lowest BCUT2D eigenvalue weighted by Crippen LogP contribution is -2.39. The molecule has 0 aliphatic carbocycles. The van der Waals surface area contributed by atoms with E-state index in [1.807, 2.05) is 18.7 Å². The second-order valence-electron chi connectivity index (χ2n) is 4.29. The van der Waals surface area contributed by atoms with Crippen molar-refractivity contribution in [3.05, 3.63) is 12.7 Å². The fourth-order valence-electron chi connectivity index (χ4n) is 1.35. The second kappa shape index (κ2) is 7.46. The molecule has 1 N–H and O–H groups in total. The van der Waals surface area contributed by atoms with Gasteiger partial charge in [0.25, 0.3) is 0 Å². The minimum Gasteiger partial charge on any atom is -0.337 e. The molecule has 0 aromatic rings. The molecule has 0 rings (SSSR count). The van der Waals surface area contributed by atoms with Gasteiger partial charge in [0.2, 0.25) is 5.91 Å². The molecule has 1 amide bonds. The van der Waals surface area contributed by atoms with Crippen molar-refractivity contribution < 1.29 is 4.79 Å². The lowest BCUT2D eigenvalue weighted by molar-refractivity contribution is -0.132. The number of hydrogen-bond donors (Lipinski definition) is 1. The molecule has 0 bridgehead atoms. The number of amides is 1. The van der Waals surface area contributed by atoms with Crippen molar-refractivity contribution >= 4 is 5.91 Å². The summed E-state index contributed by atoms with van der Waals surface area (Å²) in [5.41, 5.74) is 0. The van der Waals surface area contributed by atoms with Crippen molar-refractivity contribution in [3.63, 3.8) is 0 Å². The molecule has 0 saturated carbocycles. The fraction of sp³-hybridized carbons (Fsp3) is 0.750. The van der Waals surface area contributed by atoms with Crippen LogP contribution in [0.1, 0.15) is 34.1 Å². The van der Waals surface area contributed by atoms with Gasteiger partial charge >= 0.3 is 0 Å². The SMILES string of the molecule is C=CCN(C(=O)CCNC(C)C)C(C)C. The smallest absolute Gasteiger partial charge is 0.224 e. The van der Waals surface area contributed by atoms with Crippen LogP contribution in [0.2, 0.25) is 0 Å². The van der Waals surface area contributed by atoms with Gasteiger partial charge in [-0.3, -0.25) is 4.79 Å². The monoisotopic (exact) mass is 212 g/mol. The van der Waals surface area contributed by atoms with Crippen LogP contribution in [0.25, 0.3) is 0 Å². The minimum atomic E-state index is 0.193. The van der Waals surface area contributed by atoms with Crippen molar-refractivity contribution in [2.24, 2.45) is 0 Å². The maximum absolute atomic E-state index is 11.8. The third-order valence-corrected chi connectivity index (χ3v) is 2.16. The molecule has 0 aliphatic rings. The molecular weight excluding hydrogens is 188 g/mol. The van der Waals surface area contributed by atoms with Gasteiger partial charge in [-0.2, -0.15) is 0 Å². The van der Waals surface area contributed by atoms with E-state index in [1.165, 1.54) is 0 Å². The van der Waals surface area contributed by atoms with Gasteiger partial charge < -0.3 is 10.2 Å². The number of nitrogens with one attached hydrogen (secondary N) is 1. The highest BCUT2D eigenvalue weighted by atomic mass is 16.2. The van der Waals surface area contributed by atoms with Crippen LogP contribution in [0.15, 0.2) is 12.7 Å². The first-order valence-electron chi connectivity index (χ1n) is 5.62. The zero-order chi connectivity index (χ0) is 11.8. The normalized spacial score (nSPS) is 10.8. The molecule has 0 unspecified atom stereocenters. The number of carbonyl (C=O) groups excluding carboxylic acids is 1. The average Bonchev–Trinajstić information content (AvgIpc) is 2.12.